The molecule has 0 aliphatic carbocycles. The largest absolute Gasteiger partial charge is 0.493 e. The van der Waals surface area contributed by atoms with E-state index in [-0.39, 0.29) is 12.2 Å². The predicted molar refractivity (Wildman–Crippen MR) is 64.6 cm³/mol. The van der Waals surface area contributed by atoms with Gasteiger partial charge in [0, 0.05) is 6.61 Å². The number of benzene rings is 1. The molecule has 0 radical (unpaired) electrons. The van der Waals surface area contributed by atoms with E-state index in [9.17, 15) is 4.79 Å². The van der Waals surface area contributed by atoms with Gasteiger partial charge in [-0.1, -0.05) is 0 Å². The Morgan fingerprint density at radius 2 is 2.06 bits per heavy atom. The molecule has 0 aliphatic heterocycles. The molecule has 0 atom stereocenters. The number of aryl methyl sites for hydroxylation is 1. The summed E-state index contributed by atoms with van der Waals surface area (Å²) >= 11 is 0. The van der Waals surface area contributed by atoms with Crippen molar-refractivity contribution in [3.8, 4) is 5.75 Å². The number of hydrogen-bond donors (Lipinski definition) is 2. The van der Waals surface area contributed by atoms with E-state index in [0.29, 0.717) is 6.61 Å². The molecular weight excluding hydrogens is 220 g/mol. The van der Waals surface area contributed by atoms with E-state index < -0.39 is 5.97 Å². The van der Waals surface area contributed by atoms with Crippen LogP contribution in [0.1, 0.15) is 35.2 Å². The molecule has 0 fully saturated rings. The monoisotopic (exact) mass is 238 g/mol. The minimum atomic E-state index is -0.928. The number of aromatic carboxylic acids is 1. The molecule has 4 heteroatoms. The Bertz CT molecular complexity index is 374. The Morgan fingerprint density at radius 1 is 1.29 bits per heavy atom. The summed E-state index contributed by atoms with van der Waals surface area (Å²) in [6, 6.07) is 4.83. The number of aliphatic hydroxyl groups is 1. The van der Waals surface area contributed by atoms with Crippen LogP contribution >= 0.6 is 0 Å². The minimum Gasteiger partial charge on any atom is -0.493 e. The third-order valence-electron chi connectivity index (χ3n) is 2.48. The smallest absolute Gasteiger partial charge is 0.335 e. The SMILES string of the molecule is Cc1cc(C(=O)O)ccc1OCCCCCO. The summed E-state index contributed by atoms with van der Waals surface area (Å²) < 4.78 is 5.54. The van der Waals surface area contributed by atoms with Gasteiger partial charge in [0.25, 0.3) is 0 Å². The van der Waals surface area contributed by atoms with Gasteiger partial charge in [-0.05, 0) is 49.9 Å². The normalized spacial score (nSPS) is 10.2. The van der Waals surface area contributed by atoms with E-state index in [0.717, 1.165) is 30.6 Å². The Balaban J connectivity index is 2.46. The van der Waals surface area contributed by atoms with Gasteiger partial charge in [0.1, 0.15) is 5.75 Å². The number of carboxylic acid groups (broad SMARTS) is 1. The van der Waals surface area contributed by atoms with E-state index in [2.05, 4.69) is 0 Å². The predicted octanol–water partition coefficient (Wildman–Crippen LogP) is 2.23. The summed E-state index contributed by atoms with van der Waals surface area (Å²) in [7, 11) is 0. The van der Waals surface area contributed by atoms with Crippen molar-refractivity contribution in [3.05, 3.63) is 29.3 Å². The van der Waals surface area contributed by atoms with E-state index in [1.54, 1.807) is 18.2 Å². The van der Waals surface area contributed by atoms with Gasteiger partial charge in [-0.25, -0.2) is 4.79 Å². The molecule has 0 heterocycles. The van der Waals surface area contributed by atoms with Crippen LogP contribution in [-0.2, 0) is 0 Å². The lowest BCUT2D eigenvalue weighted by Crippen LogP contribution is -2.01. The minimum absolute atomic E-state index is 0.215. The van der Waals surface area contributed by atoms with Crippen LogP contribution in [0, 0.1) is 6.92 Å². The highest BCUT2D eigenvalue weighted by atomic mass is 16.5. The van der Waals surface area contributed by atoms with Crippen molar-refractivity contribution in [1.82, 2.24) is 0 Å². The van der Waals surface area contributed by atoms with Gasteiger partial charge in [-0.3, -0.25) is 0 Å². The zero-order chi connectivity index (χ0) is 12.7. The number of ether oxygens (including phenoxy) is 1. The fraction of sp³-hybridized carbons (Fsp3) is 0.462. The van der Waals surface area contributed by atoms with Crippen molar-refractivity contribution < 1.29 is 19.7 Å². The van der Waals surface area contributed by atoms with Crippen molar-refractivity contribution >= 4 is 5.97 Å². The maximum atomic E-state index is 10.7. The van der Waals surface area contributed by atoms with Crippen LogP contribution in [0.25, 0.3) is 0 Å². The van der Waals surface area contributed by atoms with Crippen LogP contribution in [-0.4, -0.2) is 29.4 Å². The first-order chi connectivity index (χ1) is 8.15. The highest BCUT2D eigenvalue weighted by Gasteiger charge is 2.06. The Kier molecular flexibility index (Phi) is 5.49. The van der Waals surface area contributed by atoms with Crippen LogP contribution in [0.4, 0.5) is 0 Å². The standard InChI is InChI=1S/C13H18O4/c1-10-9-11(13(15)16)5-6-12(10)17-8-4-2-3-7-14/h5-6,9,14H,2-4,7-8H2,1H3,(H,15,16). The second-order valence-electron chi connectivity index (χ2n) is 3.92. The summed E-state index contributed by atoms with van der Waals surface area (Å²) in [4.78, 5) is 10.7. The summed E-state index contributed by atoms with van der Waals surface area (Å²) in [6.45, 7) is 2.63. The maximum Gasteiger partial charge on any atom is 0.335 e. The number of carboxylic acids is 1. The van der Waals surface area contributed by atoms with Gasteiger partial charge in [0.05, 0.1) is 12.2 Å². The quantitative estimate of drug-likeness (QED) is 0.715. The van der Waals surface area contributed by atoms with Gasteiger partial charge in [0.15, 0.2) is 0 Å². The molecule has 0 unspecified atom stereocenters. The van der Waals surface area contributed by atoms with Crippen LogP contribution < -0.4 is 4.74 Å². The van der Waals surface area contributed by atoms with E-state index >= 15 is 0 Å². The summed E-state index contributed by atoms with van der Waals surface area (Å²) in [5, 5.41) is 17.4. The third kappa shape index (κ3) is 4.44. The Morgan fingerprint density at radius 3 is 2.65 bits per heavy atom. The molecule has 17 heavy (non-hydrogen) atoms. The fourth-order valence-electron chi connectivity index (χ4n) is 1.52. The molecule has 0 amide bonds. The van der Waals surface area contributed by atoms with Crippen LogP contribution in [0.5, 0.6) is 5.75 Å². The van der Waals surface area contributed by atoms with E-state index in [4.69, 9.17) is 14.9 Å². The first-order valence-electron chi connectivity index (χ1n) is 5.72. The van der Waals surface area contributed by atoms with Gasteiger partial charge >= 0.3 is 5.97 Å². The zero-order valence-electron chi connectivity index (χ0n) is 9.98. The molecule has 0 bridgehead atoms. The van der Waals surface area contributed by atoms with Crippen LogP contribution in [0.15, 0.2) is 18.2 Å². The fourth-order valence-corrected chi connectivity index (χ4v) is 1.52. The number of carbonyl (C=O) groups is 1. The van der Waals surface area contributed by atoms with Crippen LogP contribution in [0.3, 0.4) is 0 Å². The third-order valence-corrected chi connectivity index (χ3v) is 2.48. The Labute approximate surface area is 101 Å². The van der Waals surface area contributed by atoms with Gasteiger partial charge in [0.2, 0.25) is 0 Å². The van der Waals surface area contributed by atoms with Crippen LogP contribution in [0.2, 0.25) is 0 Å². The highest BCUT2D eigenvalue weighted by molar-refractivity contribution is 5.88. The number of rotatable bonds is 7. The maximum absolute atomic E-state index is 10.7. The summed E-state index contributed by atoms with van der Waals surface area (Å²) in [6.07, 6.45) is 2.61. The summed E-state index contributed by atoms with van der Waals surface area (Å²) in [5.41, 5.74) is 1.10. The van der Waals surface area contributed by atoms with Crippen molar-refractivity contribution in [1.29, 1.82) is 0 Å². The molecule has 1 aromatic carbocycles. The molecule has 0 saturated heterocycles. The molecule has 0 spiro atoms. The first-order valence-corrected chi connectivity index (χ1v) is 5.72. The molecule has 1 aromatic rings. The lowest BCUT2D eigenvalue weighted by Gasteiger charge is -2.09. The molecule has 94 valence electrons. The second kappa shape index (κ2) is 6.91. The number of unbranched alkanes of at least 4 members (excludes halogenated alkanes) is 2. The lowest BCUT2D eigenvalue weighted by molar-refractivity contribution is 0.0696. The van der Waals surface area contributed by atoms with Crippen molar-refractivity contribution in [2.75, 3.05) is 13.2 Å². The molecular formula is C13H18O4. The van der Waals surface area contributed by atoms with Crippen molar-refractivity contribution in [3.63, 3.8) is 0 Å². The van der Waals surface area contributed by atoms with Gasteiger partial charge < -0.3 is 14.9 Å². The summed E-state index contributed by atoms with van der Waals surface area (Å²) in [5.74, 6) is -0.207. The van der Waals surface area contributed by atoms with E-state index in [1.165, 1.54) is 0 Å². The first kappa shape index (κ1) is 13.5. The van der Waals surface area contributed by atoms with Gasteiger partial charge in [-0.15, -0.1) is 0 Å². The molecule has 0 saturated carbocycles. The van der Waals surface area contributed by atoms with E-state index in [1.807, 2.05) is 6.92 Å². The Hall–Kier alpha value is -1.55. The molecule has 4 nitrogen and oxygen atoms in total. The average Bonchev–Trinajstić information content (AvgIpc) is 2.30. The molecule has 0 aromatic heterocycles. The molecule has 0 aliphatic rings. The second-order valence-corrected chi connectivity index (χ2v) is 3.92. The average molecular weight is 238 g/mol. The van der Waals surface area contributed by atoms with Crippen molar-refractivity contribution in [2.24, 2.45) is 0 Å². The number of aliphatic hydroxyl groups excluding tert-OH is 1. The highest BCUT2D eigenvalue weighted by Crippen LogP contribution is 2.19. The topological polar surface area (TPSA) is 66.8 Å². The number of hydrogen-bond acceptors (Lipinski definition) is 3. The van der Waals surface area contributed by atoms with Gasteiger partial charge in [-0.2, -0.15) is 0 Å². The lowest BCUT2D eigenvalue weighted by atomic mass is 10.1. The zero-order valence-corrected chi connectivity index (χ0v) is 9.98. The van der Waals surface area contributed by atoms with Crippen molar-refractivity contribution in [2.45, 2.75) is 26.2 Å². The molecule has 2 N–H and O–H groups in total. The molecule has 1 rings (SSSR count).